The molecular weight excluding hydrogens is 268 g/mol. The van der Waals surface area contributed by atoms with Crippen LogP contribution in [0.5, 0.6) is 5.75 Å². The predicted molar refractivity (Wildman–Crippen MR) is 96.5 cm³/mol. The van der Waals surface area contributed by atoms with E-state index in [0.29, 0.717) is 0 Å². The van der Waals surface area contributed by atoms with Gasteiger partial charge in [0.05, 0.1) is 6.61 Å². The molecule has 0 amide bonds. The first-order chi connectivity index (χ1) is 10.9. The van der Waals surface area contributed by atoms with Crippen LogP contribution < -0.4 is 4.74 Å². The Morgan fingerprint density at radius 1 is 0.909 bits per heavy atom. The molecule has 0 heterocycles. The van der Waals surface area contributed by atoms with Gasteiger partial charge < -0.3 is 4.74 Å². The lowest BCUT2D eigenvalue weighted by atomic mass is 10.1. The van der Waals surface area contributed by atoms with Crippen LogP contribution in [0.3, 0.4) is 0 Å². The molecular formula is C21H33O. The number of hydrogen-bond donors (Lipinski definition) is 0. The molecule has 0 fully saturated rings. The minimum atomic E-state index is 0.760. The molecule has 1 heteroatoms. The maximum atomic E-state index is 5.82. The topological polar surface area (TPSA) is 9.23 Å². The van der Waals surface area contributed by atoms with Gasteiger partial charge in [-0.3, -0.25) is 0 Å². The lowest BCUT2D eigenvalue weighted by molar-refractivity contribution is 0.324. The van der Waals surface area contributed by atoms with E-state index >= 15 is 0 Å². The van der Waals surface area contributed by atoms with Crippen molar-refractivity contribution in [1.82, 2.24) is 0 Å². The zero-order chi connectivity index (χ0) is 15.9. The van der Waals surface area contributed by atoms with Gasteiger partial charge in [0.2, 0.25) is 0 Å². The Hall–Kier alpha value is -1.24. The molecule has 0 saturated heterocycles. The van der Waals surface area contributed by atoms with Crippen molar-refractivity contribution in [1.29, 1.82) is 0 Å². The second-order valence-corrected chi connectivity index (χ2v) is 5.99. The summed E-state index contributed by atoms with van der Waals surface area (Å²) in [7, 11) is 0. The van der Waals surface area contributed by atoms with Crippen LogP contribution in [0.1, 0.15) is 77.2 Å². The van der Waals surface area contributed by atoms with Gasteiger partial charge in [-0.2, -0.15) is 0 Å². The van der Waals surface area contributed by atoms with E-state index in [-0.39, 0.29) is 0 Å². The minimum absolute atomic E-state index is 0.760. The van der Waals surface area contributed by atoms with E-state index in [9.17, 15) is 0 Å². The lowest BCUT2D eigenvalue weighted by Gasteiger charge is -2.07. The zero-order valence-electron chi connectivity index (χ0n) is 14.6. The van der Waals surface area contributed by atoms with E-state index in [1.165, 1.54) is 56.9 Å². The van der Waals surface area contributed by atoms with Crippen LogP contribution in [-0.4, -0.2) is 6.61 Å². The molecule has 1 nitrogen and oxygen atoms in total. The van der Waals surface area contributed by atoms with Crippen molar-refractivity contribution in [3.05, 3.63) is 42.0 Å². The molecule has 0 saturated carbocycles. The molecule has 0 aliphatic rings. The maximum Gasteiger partial charge on any atom is 0.120 e. The van der Waals surface area contributed by atoms with E-state index in [4.69, 9.17) is 4.74 Å². The number of benzene rings is 1. The zero-order valence-corrected chi connectivity index (χ0v) is 14.6. The van der Waals surface area contributed by atoms with E-state index in [2.05, 4.69) is 44.2 Å². The number of unbranched alkanes of at least 4 members (excludes halogenated alkanes) is 6. The van der Waals surface area contributed by atoms with E-state index < -0.39 is 0 Å². The summed E-state index contributed by atoms with van der Waals surface area (Å²) in [6.45, 7) is 5.25. The van der Waals surface area contributed by atoms with Crippen molar-refractivity contribution in [2.24, 2.45) is 0 Å². The Balaban J connectivity index is 2.18. The highest BCUT2D eigenvalue weighted by Gasteiger charge is 1.98. The molecule has 0 bridgehead atoms. The van der Waals surface area contributed by atoms with E-state index in [1.807, 2.05) is 6.07 Å². The van der Waals surface area contributed by atoms with Crippen molar-refractivity contribution in [2.45, 2.75) is 78.1 Å². The quantitative estimate of drug-likeness (QED) is 0.298. The van der Waals surface area contributed by atoms with Gasteiger partial charge in [0.1, 0.15) is 5.75 Å². The summed E-state index contributed by atoms with van der Waals surface area (Å²) in [4.78, 5) is 0. The van der Waals surface area contributed by atoms with Gasteiger partial charge in [0.15, 0.2) is 0 Å². The molecule has 0 aliphatic heterocycles. The number of rotatable bonds is 13. The summed E-state index contributed by atoms with van der Waals surface area (Å²) in [6, 6.07) is 9.43. The SMILES string of the molecule is CCCC/C=C\CCOc1c[c]cc(CCCCCCC)c1. The molecule has 1 aromatic rings. The third kappa shape index (κ3) is 9.65. The van der Waals surface area contributed by atoms with Crippen molar-refractivity contribution >= 4 is 0 Å². The number of allylic oxidation sites excluding steroid dienone is 1. The first kappa shape index (κ1) is 18.8. The van der Waals surface area contributed by atoms with Gasteiger partial charge in [0, 0.05) is 0 Å². The smallest absolute Gasteiger partial charge is 0.120 e. The van der Waals surface area contributed by atoms with Gasteiger partial charge in [-0.05, 0) is 49.4 Å². The summed E-state index contributed by atoms with van der Waals surface area (Å²) in [5, 5.41) is 0. The normalized spacial score (nSPS) is 11.2. The molecule has 1 aromatic carbocycles. The lowest BCUT2D eigenvalue weighted by Crippen LogP contribution is -1.96. The van der Waals surface area contributed by atoms with Gasteiger partial charge in [0.25, 0.3) is 0 Å². The highest BCUT2D eigenvalue weighted by Crippen LogP contribution is 2.16. The van der Waals surface area contributed by atoms with Gasteiger partial charge >= 0.3 is 0 Å². The standard InChI is InChI=1S/C21H33O/c1-3-5-7-9-11-13-18-22-21-17-14-16-20(19-21)15-12-10-8-6-4-2/h9,11,16-17,19H,3-8,10,12-13,15,18H2,1-2H3/b11-9-. The van der Waals surface area contributed by atoms with Crippen LogP contribution in [0.2, 0.25) is 0 Å². The molecule has 0 unspecified atom stereocenters. The van der Waals surface area contributed by atoms with Crippen LogP contribution in [0.25, 0.3) is 0 Å². The number of ether oxygens (including phenoxy) is 1. The molecule has 0 N–H and O–H groups in total. The van der Waals surface area contributed by atoms with Crippen molar-refractivity contribution in [2.75, 3.05) is 6.61 Å². The minimum Gasteiger partial charge on any atom is -0.493 e. The fourth-order valence-corrected chi connectivity index (χ4v) is 2.46. The average molecular weight is 301 g/mol. The Morgan fingerprint density at radius 2 is 1.68 bits per heavy atom. The van der Waals surface area contributed by atoms with Crippen molar-refractivity contribution < 1.29 is 4.74 Å². The molecule has 0 aromatic heterocycles. The first-order valence-electron chi connectivity index (χ1n) is 9.14. The average Bonchev–Trinajstić information content (AvgIpc) is 2.54. The van der Waals surface area contributed by atoms with E-state index in [0.717, 1.165) is 25.2 Å². The molecule has 22 heavy (non-hydrogen) atoms. The van der Waals surface area contributed by atoms with Gasteiger partial charge in [-0.1, -0.05) is 70.6 Å². The summed E-state index contributed by atoms with van der Waals surface area (Å²) < 4.78 is 5.82. The molecule has 1 radical (unpaired) electrons. The van der Waals surface area contributed by atoms with Crippen LogP contribution in [0, 0.1) is 6.07 Å². The molecule has 0 spiro atoms. The summed E-state index contributed by atoms with van der Waals surface area (Å²) in [5.41, 5.74) is 1.35. The Bertz CT molecular complexity index is 395. The van der Waals surface area contributed by atoms with E-state index in [1.54, 1.807) is 0 Å². The molecule has 1 rings (SSSR count). The van der Waals surface area contributed by atoms with Crippen LogP contribution in [0.15, 0.2) is 30.4 Å². The van der Waals surface area contributed by atoms with Crippen LogP contribution in [0.4, 0.5) is 0 Å². The first-order valence-corrected chi connectivity index (χ1v) is 9.14. The number of hydrogen-bond acceptors (Lipinski definition) is 1. The molecule has 123 valence electrons. The number of aryl methyl sites for hydroxylation is 1. The third-order valence-electron chi connectivity index (χ3n) is 3.84. The highest BCUT2D eigenvalue weighted by atomic mass is 16.5. The summed E-state index contributed by atoms with van der Waals surface area (Å²) in [5.74, 6) is 0.966. The van der Waals surface area contributed by atoms with Crippen LogP contribution >= 0.6 is 0 Å². The predicted octanol–water partition coefficient (Wildman–Crippen LogP) is 6.51. The fourth-order valence-electron chi connectivity index (χ4n) is 2.46. The second-order valence-electron chi connectivity index (χ2n) is 5.99. The third-order valence-corrected chi connectivity index (χ3v) is 3.84. The van der Waals surface area contributed by atoms with Crippen molar-refractivity contribution in [3.8, 4) is 5.75 Å². The van der Waals surface area contributed by atoms with Gasteiger partial charge in [-0.15, -0.1) is 0 Å². The fraction of sp³-hybridized carbons (Fsp3) is 0.619. The summed E-state index contributed by atoms with van der Waals surface area (Å²) in [6.07, 6.45) is 17.0. The van der Waals surface area contributed by atoms with Crippen LogP contribution in [-0.2, 0) is 6.42 Å². The summed E-state index contributed by atoms with van der Waals surface area (Å²) >= 11 is 0. The molecule has 0 aliphatic carbocycles. The van der Waals surface area contributed by atoms with Crippen molar-refractivity contribution in [3.63, 3.8) is 0 Å². The second kappa shape index (κ2) is 13.4. The monoisotopic (exact) mass is 301 g/mol. The highest BCUT2D eigenvalue weighted by molar-refractivity contribution is 5.27. The largest absolute Gasteiger partial charge is 0.493 e. The van der Waals surface area contributed by atoms with Gasteiger partial charge in [-0.25, -0.2) is 0 Å². The Labute approximate surface area is 137 Å². The molecule has 0 atom stereocenters. The Morgan fingerprint density at radius 3 is 2.50 bits per heavy atom. The maximum absolute atomic E-state index is 5.82. The Kier molecular flexibility index (Phi) is 11.5.